The number of carboxylic acid groups (broad SMARTS) is 1. The van der Waals surface area contributed by atoms with Gasteiger partial charge in [0.2, 0.25) is 0 Å². The third kappa shape index (κ3) is 3.95. The Bertz CT molecular complexity index is 414. The van der Waals surface area contributed by atoms with Crippen LogP contribution in [-0.2, 0) is 11.3 Å². The number of thioether (sulfide) groups is 2. The topological polar surface area (TPSA) is 55.1 Å². The van der Waals surface area contributed by atoms with E-state index < -0.39 is 5.97 Å². The molecule has 0 radical (unpaired) electrons. The number of hydrogen-bond acceptors (Lipinski definition) is 4. The quantitative estimate of drug-likeness (QED) is 0.843. The van der Waals surface area contributed by atoms with Crippen molar-refractivity contribution < 1.29 is 9.90 Å². The standard InChI is InChI=1S/C12H18N2O2S2/c1-9-6-14(7-10-4-2-3-5-17-10)12(13-9)18-8-11(15)16/h6,10H,2-5,7-8H2,1H3,(H,15,16). The van der Waals surface area contributed by atoms with Crippen LogP contribution in [0.4, 0.5) is 0 Å². The summed E-state index contributed by atoms with van der Waals surface area (Å²) in [6, 6.07) is 0. The molecule has 0 aliphatic carbocycles. The zero-order valence-corrected chi connectivity index (χ0v) is 12.1. The minimum atomic E-state index is -0.792. The molecule has 0 aromatic carbocycles. The lowest BCUT2D eigenvalue weighted by Gasteiger charge is -2.22. The van der Waals surface area contributed by atoms with Crippen molar-refractivity contribution in [3.63, 3.8) is 0 Å². The molecule has 1 N–H and O–H groups in total. The lowest BCUT2D eigenvalue weighted by Crippen LogP contribution is -2.17. The number of hydrogen-bond donors (Lipinski definition) is 1. The highest BCUT2D eigenvalue weighted by Crippen LogP contribution is 2.28. The van der Waals surface area contributed by atoms with Gasteiger partial charge in [0.05, 0.1) is 11.4 Å². The molecule has 2 rings (SSSR count). The van der Waals surface area contributed by atoms with Crippen molar-refractivity contribution in [3.8, 4) is 0 Å². The molecule has 100 valence electrons. The van der Waals surface area contributed by atoms with Crippen LogP contribution in [-0.4, -0.2) is 37.4 Å². The maximum absolute atomic E-state index is 10.6. The predicted molar refractivity (Wildman–Crippen MR) is 75.4 cm³/mol. The van der Waals surface area contributed by atoms with E-state index in [4.69, 9.17) is 5.11 Å². The summed E-state index contributed by atoms with van der Waals surface area (Å²) in [6.45, 7) is 2.91. The molecule has 1 aliphatic rings. The molecule has 6 heteroatoms. The summed E-state index contributed by atoms with van der Waals surface area (Å²) in [5, 5.41) is 10.2. The highest BCUT2D eigenvalue weighted by molar-refractivity contribution is 8.00. The number of carbonyl (C=O) groups is 1. The van der Waals surface area contributed by atoms with Gasteiger partial charge in [0.25, 0.3) is 0 Å². The Kier molecular flexibility index (Phi) is 5.00. The van der Waals surface area contributed by atoms with Crippen LogP contribution in [0, 0.1) is 6.92 Å². The van der Waals surface area contributed by atoms with Crippen molar-refractivity contribution in [1.29, 1.82) is 0 Å². The molecule has 0 saturated carbocycles. The average molecular weight is 286 g/mol. The van der Waals surface area contributed by atoms with Crippen LogP contribution in [0.15, 0.2) is 11.4 Å². The molecule has 18 heavy (non-hydrogen) atoms. The number of imidazole rings is 1. The first-order valence-corrected chi connectivity index (χ1v) is 8.18. The smallest absolute Gasteiger partial charge is 0.313 e. The van der Waals surface area contributed by atoms with E-state index >= 15 is 0 Å². The van der Waals surface area contributed by atoms with Crippen LogP contribution >= 0.6 is 23.5 Å². The first-order chi connectivity index (χ1) is 8.65. The van der Waals surface area contributed by atoms with E-state index in [0.717, 1.165) is 17.4 Å². The summed E-state index contributed by atoms with van der Waals surface area (Å²) in [7, 11) is 0. The summed E-state index contributed by atoms with van der Waals surface area (Å²) >= 11 is 3.33. The van der Waals surface area contributed by atoms with Gasteiger partial charge in [-0.15, -0.1) is 0 Å². The molecule has 2 heterocycles. The highest BCUT2D eigenvalue weighted by atomic mass is 32.2. The van der Waals surface area contributed by atoms with Crippen molar-refractivity contribution in [2.75, 3.05) is 11.5 Å². The van der Waals surface area contributed by atoms with Crippen molar-refractivity contribution >= 4 is 29.5 Å². The Balaban J connectivity index is 1.99. The summed E-state index contributed by atoms with van der Waals surface area (Å²) in [4.78, 5) is 15.0. The van der Waals surface area contributed by atoms with Crippen molar-refractivity contribution in [1.82, 2.24) is 9.55 Å². The predicted octanol–water partition coefficient (Wildman–Crippen LogP) is 2.65. The number of aromatic nitrogens is 2. The Labute approximate surface area is 116 Å². The fraction of sp³-hybridized carbons (Fsp3) is 0.667. The molecule has 1 aliphatic heterocycles. The molecule has 1 atom stereocenters. The number of aliphatic carboxylic acids is 1. The minimum Gasteiger partial charge on any atom is -0.481 e. The molecule has 0 bridgehead atoms. The fourth-order valence-electron chi connectivity index (χ4n) is 2.07. The monoisotopic (exact) mass is 286 g/mol. The van der Waals surface area contributed by atoms with Crippen LogP contribution in [0.25, 0.3) is 0 Å². The molecule has 1 fully saturated rings. The molecular weight excluding hydrogens is 268 g/mol. The van der Waals surface area contributed by atoms with E-state index in [1.165, 1.54) is 36.8 Å². The maximum atomic E-state index is 10.6. The second kappa shape index (κ2) is 6.52. The van der Waals surface area contributed by atoms with Gasteiger partial charge in [-0.2, -0.15) is 11.8 Å². The van der Waals surface area contributed by atoms with Gasteiger partial charge in [-0.3, -0.25) is 4.79 Å². The summed E-state index contributed by atoms with van der Waals surface area (Å²) in [6.07, 6.45) is 5.91. The molecular formula is C12H18N2O2S2. The zero-order valence-electron chi connectivity index (χ0n) is 10.5. The van der Waals surface area contributed by atoms with E-state index in [1.807, 2.05) is 24.9 Å². The van der Waals surface area contributed by atoms with Crippen molar-refractivity contribution in [2.24, 2.45) is 0 Å². The maximum Gasteiger partial charge on any atom is 0.313 e. The van der Waals surface area contributed by atoms with Gasteiger partial charge in [-0.25, -0.2) is 4.98 Å². The molecule has 1 saturated heterocycles. The summed E-state index contributed by atoms with van der Waals surface area (Å²) < 4.78 is 2.12. The molecule has 1 aromatic heterocycles. The Morgan fingerprint density at radius 3 is 3.17 bits per heavy atom. The second-order valence-corrected chi connectivity index (χ2v) is 6.84. The van der Waals surface area contributed by atoms with E-state index in [-0.39, 0.29) is 5.75 Å². The molecule has 1 unspecified atom stereocenters. The Morgan fingerprint density at radius 2 is 2.50 bits per heavy atom. The van der Waals surface area contributed by atoms with Gasteiger partial charge in [-0.05, 0) is 25.5 Å². The SMILES string of the molecule is Cc1cn(CC2CCCCS2)c(SCC(=O)O)n1. The number of nitrogens with zero attached hydrogens (tertiary/aromatic N) is 2. The molecule has 4 nitrogen and oxygen atoms in total. The lowest BCUT2D eigenvalue weighted by molar-refractivity contribution is -0.133. The molecule has 1 aromatic rings. The van der Waals surface area contributed by atoms with E-state index in [0.29, 0.717) is 5.25 Å². The van der Waals surface area contributed by atoms with Crippen LogP contribution in [0.5, 0.6) is 0 Å². The average Bonchev–Trinajstić information content (AvgIpc) is 2.68. The first kappa shape index (κ1) is 13.8. The largest absolute Gasteiger partial charge is 0.481 e. The van der Waals surface area contributed by atoms with Gasteiger partial charge in [0.1, 0.15) is 0 Å². The molecule has 0 amide bonds. The van der Waals surface area contributed by atoms with Crippen LogP contribution < -0.4 is 0 Å². The van der Waals surface area contributed by atoms with Crippen LogP contribution in [0.3, 0.4) is 0 Å². The third-order valence-corrected chi connectivity index (χ3v) is 5.22. The third-order valence-electron chi connectivity index (χ3n) is 2.86. The van der Waals surface area contributed by atoms with Gasteiger partial charge < -0.3 is 9.67 Å². The van der Waals surface area contributed by atoms with Crippen LogP contribution in [0.1, 0.15) is 25.0 Å². The number of rotatable bonds is 5. The first-order valence-electron chi connectivity index (χ1n) is 6.15. The van der Waals surface area contributed by atoms with Gasteiger partial charge in [-0.1, -0.05) is 18.2 Å². The fourth-order valence-corrected chi connectivity index (χ4v) is 4.13. The van der Waals surface area contributed by atoms with Gasteiger partial charge in [0.15, 0.2) is 5.16 Å². The summed E-state index contributed by atoms with van der Waals surface area (Å²) in [5.74, 6) is 0.531. The minimum absolute atomic E-state index is 0.0776. The normalized spacial score (nSPS) is 19.9. The van der Waals surface area contributed by atoms with Gasteiger partial charge >= 0.3 is 5.97 Å². The van der Waals surface area contributed by atoms with E-state index in [9.17, 15) is 4.79 Å². The lowest BCUT2D eigenvalue weighted by atomic mass is 10.2. The number of aryl methyl sites for hydroxylation is 1. The summed E-state index contributed by atoms with van der Waals surface area (Å²) in [5.41, 5.74) is 0.962. The Hall–Kier alpha value is -0.620. The van der Waals surface area contributed by atoms with E-state index in [2.05, 4.69) is 9.55 Å². The second-order valence-electron chi connectivity index (χ2n) is 4.49. The highest BCUT2D eigenvalue weighted by Gasteiger charge is 2.17. The zero-order chi connectivity index (χ0) is 13.0. The van der Waals surface area contributed by atoms with Crippen molar-refractivity contribution in [2.45, 2.75) is 43.1 Å². The van der Waals surface area contributed by atoms with E-state index in [1.54, 1.807) is 0 Å². The van der Waals surface area contributed by atoms with Crippen molar-refractivity contribution in [3.05, 3.63) is 11.9 Å². The Morgan fingerprint density at radius 1 is 1.67 bits per heavy atom. The molecule has 0 spiro atoms. The van der Waals surface area contributed by atoms with Gasteiger partial charge in [0, 0.05) is 18.0 Å². The van der Waals surface area contributed by atoms with Crippen LogP contribution in [0.2, 0.25) is 0 Å². The number of carboxylic acids is 1.